The van der Waals surface area contributed by atoms with E-state index < -0.39 is 0 Å². The Morgan fingerprint density at radius 1 is 1.03 bits per heavy atom. The minimum absolute atomic E-state index is 0.0517. The lowest BCUT2D eigenvalue weighted by molar-refractivity contribution is -0.116. The number of amides is 2. The van der Waals surface area contributed by atoms with Gasteiger partial charge in [0.05, 0.1) is 6.61 Å². The highest BCUT2D eigenvalue weighted by Gasteiger charge is 2.23. The van der Waals surface area contributed by atoms with Gasteiger partial charge in [-0.25, -0.2) is 4.39 Å². The molecule has 0 atom stereocenters. The predicted molar refractivity (Wildman–Crippen MR) is 110 cm³/mol. The summed E-state index contributed by atoms with van der Waals surface area (Å²) in [6.45, 7) is 1.06. The van der Waals surface area contributed by atoms with Crippen molar-refractivity contribution in [2.75, 3.05) is 13.2 Å². The van der Waals surface area contributed by atoms with Crippen LogP contribution in [0.5, 0.6) is 5.75 Å². The number of ether oxygens (including phenoxy) is 1. The van der Waals surface area contributed by atoms with Crippen molar-refractivity contribution >= 4 is 17.9 Å². The van der Waals surface area contributed by atoms with Crippen molar-refractivity contribution in [1.82, 2.24) is 10.6 Å². The zero-order chi connectivity index (χ0) is 20.5. The zero-order valence-corrected chi connectivity index (χ0v) is 16.2. The molecule has 0 aromatic heterocycles. The molecule has 0 bridgehead atoms. The first-order valence-electron chi connectivity index (χ1n) is 9.85. The van der Waals surface area contributed by atoms with Gasteiger partial charge in [0, 0.05) is 24.2 Å². The number of halogens is 1. The first kappa shape index (κ1) is 20.6. The standard InChI is InChI=1S/C23H25FN2O3/c24-19-8-12-21(13-9-19)29-16-2-1-15-25-22(27)14-5-17-3-6-18(7-4-17)23(28)26-20-10-11-20/h3-9,12-14,20H,1-2,10-11,15-16H2,(H,25,27)(H,26,28)/b14-5+. The summed E-state index contributed by atoms with van der Waals surface area (Å²) >= 11 is 0. The first-order chi connectivity index (χ1) is 14.1. The van der Waals surface area contributed by atoms with Gasteiger partial charge in [-0.05, 0) is 73.7 Å². The smallest absolute Gasteiger partial charge is 0.251 e. The van der Waals surface area contributed by atoms with Crippen LogP contribution in [0.25, 0.3) is 6.08 Å². The van der Waals surface area contributed by atoms with E-state index in [1.807, 2.05) is 12.1 Å². The highest BCUT2D eigenvalue weighted by atomic mass is 19.1. The molecule has 0 spiro atoms. The van der Waals surface area contributed by atoms with Crippen LogP contribution in [0.15, 0.2) is 54.6 Å². The van der Waals surface area contributed by atoms with Crippen LogP contribution >= 0.6 is 0 Å². The molecular weight excluding hydrogens is 371 g/mol. The third-order valence-corrected chi connectivity index (χ3v) is 4.47. The molecule has 5 nitrogen and oxygen atoms in total. The van der Waals surface area contributed by atoms with Crippen LogP contribution in [0.2, 0.25) is 0 Å². The fourth-order valence-corrected chi connectivity index (χ4v) is 2.63. The quantitative estimate of drug-likeness (QED) is 0.475. The highest BCUT2D eigenvalue weighted by Crippen LogP contribution is 2.19. The maximum Gasteiger partial charge on any atom is 0.251 e. The third kappa shape index (κ3) is 7.41. The third-order valence-electron chi connectivity index (χ3n) is 4.47. The Balaban J connectivity index is 1.30. The lowest BCUT2D eigenvalue weighted by Crippen LogP contribution is -2.25. The van der Waals surface area contributed by atoms with E-state index in [9.17, 15) is 14.0 Å². The molecular formula is C23H25FN2O3. The van der Waals surface area contributed by atoms with Gasteiger partial charge in [0.15, 0.2) is 0 Å². The number of nitrogens with one attached hydrogen (secondary N) is 2. The molecule has 0 saturated heterocycles. The summed E-state index contributed by atoms with van der Waals surface area (Å²) in [6, 6.07) is 13.4. The number of hydrogen-bond donors (Lipinski definition) is 2. The van der Waals surface area contributed by atoms with Crippen LogP contribution < -0.4 is 15.4 Å². The molecule has 2 amide bonds. The largest absolute Gasteiger partial charge is 0.494 e. The van der Waals surface area contributed by atoms with E-state index in [0.717, 1.165) is 31.2 Å². The number of benzene rings is 2. The molecule has 29 heavy (non-hydrogen) atoms. The van der Waals surface area contributed by atoms with Crippen LogP contribution in [-0.2, 0) is 4.79 Å². The maximum absolute atomic E-state index is 12.8. The summed E-state index contributed by atoms with van der Waals surface area (Å²) < 4.78 is 18.3. The van der Waals surface area contributed by atoms with E-state index in [0.29, 0.717) is 30.5 Å². The Labute approximate surface area is 170 Å². The molecule has 0 aliphatic heterocycles. The van der Waals surface area contributed by atoms with Gasteiger partial charge in [-0.15, -0.1) is 0 Å². The summed E-state index contributed by atoms with van der Waals surface area (Å²) in [7, 11) is 0. The van der Waals surface area contributed by atoms with Crippen molar-refractivity contribution in [3.05, 3.63) is 71.6 Å². The number of rotatable bonds is 10. The fraction of sp³-hybridized carbons (Fsp3) is 0.304. The lowest BCUT2D eigenvalue weighted by Gasteiger charge is -2.06. The first-order valence-corrected chi connectivity index (χ1v) is 9.85. The van der Waals surface area contributed by atoms with Gasteiger partial charge in [-0.1, -0.05) is 12.1 Å². The Kier molecular flexibility index (Phi) is 7.39. The van der Waals surface area contributed by atoms with Gasteiger partial charge in [0.25, 0.3) is 5.91 Å². The van der Waals surface area contributed by atoms with Crippen molar-refractivity contribution < 1.29 is 18.7 Å². The number of unbranched alkanes of at least 4 members (excludes halogenated alkanes) is 1. The second-order valence-electron chi connectivity index (χ2n) is 7.00. The average Bonchev–Trinajstić information content (AvgIpc) is 3.54. The minimum atomic E-state index is -0.289. The van der Waals surface area contributed by atoms with Crippen molar-refractivity contribution in [3.8, 4) is 5.75 Å². The number of carbonyl (C=O) groups excluding carboxylic acids is 2. The van der Waals surface area contributed by atoms with Gasteiger partial charge in [-0.3, -0.25) is 9.59 Å². The molecule has 2 aromatic carbocycles. The molecule has 1 saturated carbocycles. The molecule has 2 aromatic rings. The van der Waals surface area contributed by atoms with E-state index in [1.165, 1.54) is 18.2 Å². The van der Waals surface area contributed by atoms with Crippen molar-refractivity contribution in [1.29, 1.82) is 0 Å². The lowest BCUT2D eigenvalue weighted by atomic mass is 10.1. The number of hydrogen-bond acceptors (Lipinski definition) is 3. The van der Waals surface area contributed by atoms with E-state index in [1.54, 1.807) is 30.3 Å². The van der Waals surface area contributed by atoms with Gasteiger partial charge in [-0.2, -0.15) is 0 Å². The monoisotopic (exact) mass is 396 g/mol. The molecule has 3 rings (SSSR count). The van der Waals surface area contributed by atoms with E-state index in [-0.39, 0.29) is 17.6 Å². The molecule has 1 aliphatic carbocycles. The van der Waals surface area contributed by atoms with Crippen molar-refractivity contribution in [3.63, 3.8) is 0 Å². The highest BCUT2D eigenvalue weighted by molar-refractivity contribution is 5.95. The Morgan fingerprint density at radius 2 is 1.76 bits per heavy atom. The van der Waals surface area contributed by atoms with Crippen molar-refractivity contribution in [2.24, 2.45) is 0 Å². The van der Waals surface area contributed by atoms with Gasteiger partial charge in [0.2, 0.25) is 5.91 Å². The maximum atomic E-state index is 12.8. The van der Waals surface area contributed by atoms with Crippen molar-refractivity contribution in [2.45, 2.75) is 31.7 Å². The number of carbonyl (C=O) groups is 2. The SMILES string of the molecule is O=C(/C=C/c1ccc(C(=O)NC2CC2)cc1)NCCCCOc1ccc(F)cc1. The molecule has 0 radical (unpaired) electrons. The molecule has 0 heterocycles. The average molecular weight is 396 g/mol. The fourth-order valence-electron chi connectivity index (χ4n) is 2.63. The molecule has 152 valence electrons. The second kappa shape index (κ2) is 10.4. The molecule has 1 aliphatic rings. The Morgan fingerprint density at radius 3 is 2.45 bits per heavy atom. The minimum Gasteiger partial charge on any atom is -0.494 e. The Hall–Kier alpha value is -3.15. The summed E-state index contributed by atoms with van der Waals surface area (Å²) in [5.41, 5.74) is 1.48. The van der Waals surface area contributed by atoms with E-state index in [4.69, 9.17) is 4.74 Å². The van der Waals surface area contributed by atoms with Gasteiger partial charge >= 0.3 is 0 Å². The van der Waals surface area contributed by atoms with Crippen LogP contribution in [0.4, 0.5) is 4.39 Å². The second-order valence-corrected chi connectivity index (χ2v) is 7.00. The van der Waals surface area contributed by atoms with Crippen LogP contribution in [0, 0.1) is 5.82 Å². The zero-order valence-electron chi connectivity index (χ0n) is 16.2. The topological polar surface area (TPSA) is 67.4 Å². The summed E-state index contributed by atoms with van der Waals surface area (Å²) in [5.74, 6) is 0.127. The Bertz CT molecular complexity index is 843. The molecule has 0 unspecified atom stereocenters. The van der Waals surface area contributed by atoms with E-state index >= 15 is 0 Å². The van der Waals surface area contributed by atoms with Gasteiger partial charge in [0.1, 0.15) is 11.6 Å². The van der Waals surface area contributed by atoms with Gasteiger partial charge < -0.3 is 15.4 Å². The molecule has 1 fully saturated rings. The van der Waals surface area contributed by atoms with Crippen LogP contribution in [0.3, 0.4) is 0 Å². The van der Waals surface area contributed by atoms with E-state index in [2.05, 4.69) is 10.6 Å². The summed E-state index contributed by atoms with van der Waals surface area (Å²) in [4.78, 5) is 23.8. The summed E-state index contributed by atoms with van der Waals surface area (Å²) in [6.07, 6.45) is 6.88. The van der Waals surface area contributed by atoms with Crippen LogP contribution in [-0.4, -0.2) is 31.0 Å². The normalized spacial score (nSPS) is 13.3. The molecule has 6 heteroatoms. The summed E-state index contributed by atoms with van der Waals surface area (Å²) in [5, 5.41) is 5.77. The predicted octanol–water partition coefficient (Wildman–Crippen LogP) is 3.71. The molecule has 2 N–H and O–H groups in total. The van der Waals surface area contributed by atoms with Crippen LogP contribution in [0.1, 0.15) is 41.6 Å².